The van der Waals surface area contributed by atoms with Gasteiger partial charge in [0.15, 0.2) is 0 Å². The first-order valence-electron chi connectivity index (χ1n) is 10.8. The minimum atomic E-state index is -0.792. The maximum Gasteiger partial charge on any atom is 0.294 e. The third-order valence-corrected chi connectivity index (χ3v) is 6.18. The number of rotatable bonds is 7. The van der Waals surface area contributed by atoms with E-state index >= 15 is 0 Å². The van der Waals surface area contributed by atoms with Crippen molar-refractivity contribution in [3.05, 3.63) is 81.9 Å². The molecule has 2 heterocycles. The van der Waals surface area contributed by atoms with Crippen LogP contribution in [0.3, 0.4) is 0 Å². The number of nitrogens with zero attached hydrogens (tertiary/aromatic N) is 3. The van der Waals surface area contributed by atoms with Gasteiger partial charge in [0.05, 0.1) is 11.1 Å². The Morgan fingerprint density at radius 3 is 2.69 bits per heavy atom. The van der Waals surface area contributed by atoms with Crippen molar-refractivity contribution in [2.45, 2.75) is 19.8 Å². The number of anilines is 1. The molecule has 1 fully saturated rings. The summed E-state index contributed by atoms with van der Waals surface area (Å²) in [6.45, 7) is 3.72. The molecule has 1 saturated heterocycles. The predicted molar refractivity (Wildman–Crippen MR) is 135 cm³/mol. The predicted octanol–water partition coefficient (Wildman–Crippen LogP) is 5.86. The molecule has 1 aliphatic heterocycles. The quantitative estimate of drug-likeness (QED) is 0.304. The Kier molecular flexibility index (Phi) is 7.66. The summed E-state index contributed by atoms with van der Waals surface area (Å²) < 4.78 is 19.3. The van der Waals surface area contributed by atoms with E-state index in [9.17, 15) is 18.8 Å². The standard InChI is InChI=1S/C25H20ClFN4O4S/c1-14(2)16-6-8-17(9-7-16)29-21(32)13-31-23(33)20(36-25(31)34)11-15-4-3-5-18(10-15)35-22-19(27)12-28-24(26)30-22/h3-12,14H,13H2,1-2H3,(H,29,32)/b20-11+. The fourth-order valence-electron chi connectivity index (χ4n) is 3.27. The van der Waals surface area contributed by atoms with Crippen LogP contribution in [0.15, 0.2) is 59.6 Å². The third kappa shape index (κ3) is 6.07. The Bertz CT molecular complexity index is 1360. The highest BCUT2D eigenvalue weighted by atomic mass is 35.5. The number of ether oxygens (including phenoxy) is 1. The maximum atomic E-state index is 13.9. The molecule has 36 heavy (non-hydrogen) atoms. The Morgan fingerprint density at radius 1 is 1.22 bits per heavy atom. The van der Waals surface area contributed by atoms with Crippen LogP contribution in [-0.4, -0.2) is 38.5 Å². The van der Waals surface area contributed by atoms with Crippen LogP contribution in [0, 0.1) is 5.82 Å². The lowest BCUT2D eigenvalue weighted by Crippen LogP contribution is -2.36. The number of halogens is 2. The van der Waals surface area contributed by atoms with Crippen LogP contribution >= 0.6 is 23.4 Å². The molecule has 11 heteroatoms. The van der Waals surface area contributed by atoms with E-state index in [2.05, 4.69) is 29.1 Å². The van der Waals surface area contributed by atoms with Crippen LogP contribution in [0.1, 0.15) is 30.9 Å². The lowest BCUT2D eigenvalue weighted by Gasteiger charge is -2.13. The van der Waals surface area contributed by atoms with Crippen molar-refractivity contribution in [1.29, 1.82) is 0 Å². The van der Waals surface area contributed by atoms with Crippen molar-refractivity contribution in [3.63, 3.8) is 0 Å². The van der Waals surface area contributed by atoms with Crippen LogP contribution < -0.4 is 10.1 Å². The molecular weight excluding hydrogens is 507 g/mol. The van der Waals surface area contributed by atoms with Gasteiger partial charge in [0, 0.05) is 5.69 Å². The number of carbonyl (C=O) groups excluding carboxylic acids is 3. The summed E-state index contributed by atoms with van der Waals surface area (Å²) in [4.78, 5) is 45.9. The normalized spacial score (nSPS) is 14.6. The number of hydrogen-bond acceptors (Lipinski definition) is 7. The molecule has 0 saturated carbocycles. The van der Waals surface area contributed by atoms with Gasteiger partial charge in [0.25, 0.3) is 17.0 Å². The number of amides is 3. The van der Waals surface area contributed by atoms with E-state index in [1.54, 1.807) is 30.3 Å². The first-order chi connectivity index (χ1) is 17.2. The SMILES string of the molecule is CC(C)c1ccc(NC(=O)CN2C(=O)S/C(=C/c3cccc(Oc4nc(Cl)ncc4F)c3)C2=O)cc1. The van der Waals surface area contributed by atoms with Gasteiger partial charge >= 0.3 is 0 Å². The molecule has 0 atom stereocenters. The summed E-state index contributed by atoms with van der Waals surface area (Å²) in [5.74, 6) is -1.63. The molecule has 0 radical (unpaired) electrons. The maximum absolute atomic E-state index is 13.9. The van der Waals surface area contributed by atoms with Crippen molar-refractivity contribution < 1.29 is 23.5 Å². The summed E-state index contributed by atoms with van der Waals surface area (Å²) in [6.07, 6.45) is 2.38. The van der Waals surface area contributed by atoms with Crippen LogP contribution in [0.4, 0.5) is 14.9 Å². The Balaban J connectivity index is 1.43. The van der Waals surface area contributed by atoms with E-state index in [1.165, 1.54) is 12.1 Å². The number of carbonyl (C=O) groups is 3. The number of hydrogen-bond donors (Lipinski definition) is 1. The first-order valence-corrected chi connectivity index (χ1v) is 12.0. The molecule has 0 aliphatic carbocycles. The smallest absolute Gasteiger partial charge is 0.294 e. The molecule has 1 aliphatic rings. The summed E-state index contributed by atoms with van der Waals surface area (Å²) in [7, 11) is 0. The van der Waals surface area contributed by atoms with Crippen LogP contribution in [0.25, 0.3) is 6.08 Å². The molecule has 0 spiro atoms. The van der Waals surface area contributed by atoms with Gasteiger partial charge in [-0.2, -0.15) is 9.37 Å². The van der Waals surface area contributed by atoms with Crippen LogP contribution in [0.2, 0.25) is 5.28 Å². The van der Waals surface area contributed by atoms with E-state index in [4.69, 9.17) is 16.3 Å². The zero-order chi connectivity index (χ0) is 25.8. The minimum Gasteiger partial charge on any atom is -0.436 e. The van der Waals surface area contributed by atoms with Crippen molar-refractivity contribution in [1.82, 2.24) is 14.9 Å². The first kappa shape index (κ1) is 25.3. The van der Waals surface area contributed by atoms with Crippen molar-refractivity contribution in [3.8, 4) is 11.6 Å². The van der Waals surface area contributed by atoms with Crippen molar-refractivity contribution in [2.24, 2.45) is 0 Å². The highest BCUT2D eigenvalue weighted by Crippen LogP contribution is 2.33. The van der Waals surface area contributed by atoms with Crippen molar-refractivity contribution >= 4 is 52.2 Å². The van der Waals surface area contributed by atoms with E-state index < -0.39 is 29.4 Å². The van der Waals surface area contributed by atoms with Gasteiger partial charge in [0.1, 0.15) is 12.3 Å². The fourth-order valence-corrected chi connectivity index (χ4v) is 4.23. The molecule has 1 N–H and O–H groups in total. The average Bonchev–Trinajstić information content (AvgIpc) is 3.09. The summed E-state index contributed by atoms with van der Waals surface area (Å²) >= 11 is 6.41. The fraction of sp³-hybridized carbons (Fsp3) is 0.160. The minimum absolute atomic E-state index is 0.141. The van der Waals surface area contributed by atoms with Crippen LogP contribution in [-0.2, 0) is 9.59 Å². The molecule has 3 amide bonds. The molecule has 1 aromatic heterocycles. The molecule has 8 nitrogen and oxygen atoms in total. The van der Waals surface area contributed by atoms with E-state index in [0.29, 0.717) is 17.2 Å². The van der Waals surface area contributed by atoms with Gasteiger partial charge in [-0.3, -0.25) is 19.3 Å². The lowest BCUT2D eigenvalue weighted by molar-refractivity contribution is -0.127. The van der Waals surface area contributed by atoms with Gasteiger partial charge in [0.2, 0.25) is 17.0 Å². The Labute approximate surface area is 215 Å². The van der Waals surface area contributed by atoms with Gasteiger partial charge in [-0.1, -0.05) is 38.1 Å². The second-order valence-corrected chi connectivity index (χ2v) is 9.39. The molecule has 2 aromatic carbocycles. The number of thioether (sulfide) groups is 1. The van der Waals surface area contributed by atoms with E-state index in [0.717, 1.165) is 28.4 Å². The van der Waals surface area contributed by atoms with E-state index in [-0.39, 0.29) is 21.8 Å². The number of benzene rings is 2. The molecular formula is C25H20ClFN4O4S. The van der Waals surface area contributed by atoms with Gasteiger partial charge in [-0.25, -0.2) is 4.98 Å². The summed E-state index contributed by atoms with van der Waals surface area (Å²) in [5.41, 5.74) is 2.22. The third-order valence-electron chi connectivity index (χ3n) is 5.09. The molecule has 0 unspecified atom stereocenters. The highest BCUT2D eigenvalue weighted by Gasteiger charge is 2.36. The number of imide groups is 1. The summed E-state index contributed by atoms with van der Waals surface area (Å²) in [5, 5.41) is 1.97. The highest BCUT2D eigenvalue weighted by molar-refractivity contribution is 8.18. The Morgan fingerprint density at radius 2 is 1.97 bits per heavy atom. The monoisotopic (exact) mass is 526 g/mol. The topological polar surface area (TPSA) is 101 Å². The largest absolute Gasteiger partial charge is 0.436 e. The van der Waals surface area contributed by atoms with Crippen molar-refractivity contribution in [2.75, 3.05) is 11.9 Å². The molecule has 0 bridgehead atoms. The van der Waals surface area contributed by atoms with E-state index in [1.807, 2.05) is 12.1 Å². The lowest BCUT2D eigenvalue weighted by atomic mass is 10.0. The molecule has 4 rings (SSSR count). The number of aromatic nitrogens is 2. The average molecular weight is 527 g/mol. The Hall–Kier alpha value is -3.76. The second kappa shape index (κ2) is 10.9. The summed E-state index contributed by atoms with van der Waals surface area (Å²) in [6, 6.07) is 13.8. The molecule has 3 aromatic rings. The zero-order valence-corrected chi connectivity index (χ0v) is 20.8. The number of nitrogens with one attached hydrogen (secondary N) is 1. The second-order valence-electron chi connectivity index (χ2n) is 8.06. The molecule has 184 valence electrons. The van der Waals surface area contributed by atoms with Crippen LogP contribution in [0.5, 0.6) is 11.6 Å². The van der Waals surface area contributed by atoms with Gasteiger partial charge in [-0.15, -0.1) is 0 Å². The van der Waals surface area contributed by atoms with Gasteiger partial charge in [-0.05, 0) is 70.7 Å². The van der Waals surface area contributed by atoms with Gasteiger partial charge < -0.3 is 10.1 Å². The zero-order valence-electron chi connectivity index (χ0n) is 19.2.